The van der Waals surface area contributed by atoms with E-state index in [9.17, 15) is 0 Å². The largest absolute Gasteiger partial charge is 0.315 e. The van der Waals surface area contributed by atoms with E-state index in [0.717, 1.165) is 13.1 Å². The molecule has 0 saturated carbocycles. The summed E-state index contributed by atoms with van der Waals surface area (Å²) in [6, 6.07) is 21.7. The van der Waals surface area contributed by atoms with E-state index in [1.54, 1.807) is 0 Å². The molecule has 1 fully saturated rings. The van der Waals surface area contributed by atoms with Gasteiger partial charge in [-0.05, 0) is 24.1 Å². The molecule has 0 radical (unpaired) electrons. The molecule has 2 heteroatoms. The molecule has 2 aromatic rings. The molecule has 0 aliphatic carbocycles. The third kappa shape index (κ3) is 2.23. The van der Waals surface area contributed by atoms with Gasteiger partial charge in [0.2, 0.25) is 0 Å². The van der Waals surface area contributed by atoms with Crippen LogP contribution in [0.15, 0.2) is 60.7 Å². The molecule has 1 saturated heterocycles. The van der Waals surface area contributed by atoms with E-state index in [-0.39, 0.29) is 22.4 Å². The molecule has 0 spiro atoms. The van der Waals surface area contributed by atoms with E-state index in [2.05, 4.69) is 66.0 Å². The smallest absolute Gasteiger partial charge is 0.0339 e. The van der Waals surface area contributed by atoms with Crippen LogP contribution in [0.2, 0.25) is 0 Å². The van der Waals surface area contributed by atoms with Crippen molar-refractivity contribution in [2.75, 3.05) is 13.1 Å². The number of nitrogens with one attached hydrogen (secondary N) is 1. The van der Waals surface area contributed by atoms with Crippen molar-refractivity contribution in [1.29, 1.82) is 0 Å². The van der Waals surface area contributed by atoms with E-state index in [1.807, 2.05) is 0 Å². The summed E-state index contributed by atoms with van der Waals surface area (Å²) in [5.74, 6) is 0. The van der Waals surface area contributed by atoms with Crippen molar-refractivity contribution in [3.8, 4) is 0 Å². The quantitative estimate of drug-likeness (QED) is 0.895. The molecule has 1 N–H and O–H groups in total. The Morgan fingerprint density at radius 1 is 0.778 bits per heavy atom. The molecule has 0 bridgehead atoms. The van der Waals surface area contributed by atoms with Gasteiger partial charge in [0.15, 0.2) is 0 Å². The number of hydrogen-bond acceptors (Lipinski definition) is 1. The number of rotatable bonds is 2. The summed E-state index contributed by atoms with van der Waals surface area (Å²) >= 11 is 0. The van der Waals surface area contributed by atoms with Crippen molar-refractivity contribution in [3.05, 3.63) is 71.8 Å². The van der Waals surface area contributed by atoms with Crippen molar-refractivity contribution in [1.82, 2.24) is 5.32 Å². The third-order valence-electron chi connectivity index (χ3n) is 3.81. The number of hydrogen-bond donors (Lipinski definition) is 1. The Morgan fingerprint density at radius 2 is 1.28 bits per heavy atom. The van der Waals surface area contributed by atoms with Gasteiger partial charge in [-0.2, -0.15) is 0 Å². The van der Waals surface area contributed by atoms with Crippen molar-refractivity contribution in [2.24, 2.45) is 0 Å². The molecule has 0 unspecified atom stereocenters. The van der Waals surface area contributed by atoms with E-state index in [1.165, 1.54) is 17.5 Å². The predicted molar refractivity (Wildman–Crippen MR) is 81.5 cm³/mol. The second kappa shape index (κ2) is 5.68. The Kier molecular flexibility index (Phi) is 4.20. The SMILES string of the molecule is Br.c1ccc(C2(c3ccccc3)CCNC2)cc1. The van der Waals surface area contributed by atoms with Crippen LogP contribution in [0.3, 0.4) is 0 Å². The Labute approximate surface area is 119 Å². The normalized spacial score (nSPS) is 17.1. The fraction of sp³-hybridized carbons (Fsp3) is 0.250. The van der Waals surface area contributed by atoms with Crippen molar-refractivity contribution >= 4 is 17.0 Å². The van der Waals surface area contributed by atoms with Crippen LogP contribution in [0, 0.1) is 0 Å². The monoisotopic (exact) mass is 303 g/mol. The first-order valence-electron chi connectivity index (χ1n) is 6.24. The van der Waals surface area contributed by atoms with Crippen LogP contribution in [0.4, 0.5) is 0 Å². The van der Waals surface area contributed by atoms with Crippen LogP contribution in [0.5, 0.6) is 0 Å². The van der Waals surface area contributed by atoms with E-state index < -0.39 is 0 Å². The molecule has 2 aromatic carbocycles. The van der Waals surface area contributed by atoms with Crippen LogP contribution < -0.4 is 5.32 Å². The lowest BCUT2D eigenvalue weighted by Crippen LogP contribution is -2.30. The maximum atomic E-state index is 3.51. The van der Waals surface area contributed by atoms with Crippen LogP contribution in [0.25, 0.3) is 0 Å². The van der Waals surface area contributed by atoms with Crippen molar-refractivity contribution < 1.29 is 0 Å². The lowest BCUT2D eigenvalue weighted by molar-refractivity contribution is 0.570. The highest BCUT2D eigenvalue weighted by atomic mass is 79.9. The highest BCUT2D eigenvalue weighted by Gasteiger charge is 2.36. The first-order valence-corrected chi connectivity index (χ1v) is 6.24. The second-order valence-electron chi connectivity index (χ2n) is 4.74. The topological polar surface area (TPSA) is 12.0 Å². The minimum atomic E-state index is 0. The molecular weight excluding hydrogens is 286 g/mol. The second-order valence-corrected chi connectivity index (χ2v) is 4.74. The van der Waals surface area contributed by atoms with Crippen LogP contribution in [-0.2, 0) is 5.41 Å². The van der Waals surface area contributed by atoms with Gasteiger partial charge >= 0.3 is 0 Å². The lowest BCUT2D eigenvalue weighted by Gasteiger charge is -2.29. The van der Waals surface area contributed by atoms with E-state index in [4.69, 9.17) is 0 Å². The Bertz CT molecular complexity index is 433. The molecule has 94 valence electrons. The van der Waals surface area contributed by atoms with Gasteiger partial charge in [-0.25, -0.2) is 0 Å². The van der Waals surface area contributed by atoms with Crippen LogP contribution in [0.1, 0.15) is 17.5 Å². The van der Waals surface area contributed by atoms with Crippen molar-refractivity contribution in [3.63, 3.8) is 0 Å². The molecule has 1 nitrogen and oxygen atoms in total. The molecule has 0 amide bonds. The molecule has 0 atom stereocenters. The third-order valence-corrected chi connectivity index (χ3v) is 3.81. The minimum Gasteiger partial charge on any atom is -0.315 e. The zero-order valence-corrected chi connectivity index (χ0v) is 12.0. The van der Waals surface area contributed by atoms with Gasteiger partial charge in [0.25, 0.3) is 0 Å². The molecule has 18 heavy (non-hydrogen) atoms. The summed E-state index contributed by atoms with van der Waals surface area (Å²) < 4.78 is 0. The molecule has 1 heterocycles. The summed E-state index contributed by atoms with van der Waals surface area (Å²) in [5, 5.41) is 3.51. The minimum absolute atomic E-state index is 0. The van der Waals surface area contributed by atoms with Gasteiger partial charge in [0, 0.05) is 12.0 Å². The lowest BCUT2D eigenvalue weighted by atomic mass is 9.74. The van der Waals surface area contributed by atoms with Gasteiger partial charge < -0.3 is 5.32 Å². The standard InChI is InChI=1S/C16H17N.BrH/c1-3-7-14(8-4-1)16(11-12-17-13-16)15-9-5-2-6-10-15;/h1-10,17H,11-13H2;1H. The Morgan fingerprint density at radius 3 is 1.67 bits per heavy atom. The average Bonchev–Trinajstić information content (AvgIpc) is 2.91. The summed E-state index contributed by atoms with van der Waals surface area (Å²) in [6.45, 7) is 2.14. The maximum Gasteiger partial charge on any atom is 0.0339 e. The molecular formula is C16H18BrN. The Balaban J connectivity index is 0.00000120. The molecule has 0 aromatic heterocycles. The summed E-state index contributed by atoms with van der Waals surface area (Å²) in [5.41, 5.74) is 3.02. The van der Waals surface area contributed by atoms with Gasteiger partial charge in [-0.3, -0.25) is 0 Å². The van der Waals surface area contributed by atoms with Gasteiger partial charge in [0.1, 0.15) is 0 Å². The summed E-state index contributed by atoms with van der Waals surface area (Å²) in [6.07, 6.45) is 1.18. The number of benzene rings is 2. The maximum absolute atomic E-state index is 3.51. The zero-order chi connectivity index (χ0) is 11.6. The summed E-state index contributed by atoms with van der Waals surface area (Å²) in [7, 11) is 0. The predicted octanol–water partition coefficient (Wildman–Crippen LogP) is 3.54. The highest BCUT2D eigenvalue weighted by molar-refractivity contribution is 8.93. The zero-order valence-electron chi connectivity index (χ0n) is 10.3. The van der Waals surface area contributed by atoms with Gasteiger partial charge in [0.05, 0.1) is 0 Å². The molecule has 1 aliphatic rings. The molecule has 1 aliphatic heterocycles. The Hall–Kier alpha value is -1.12. The summed E-state index contributed by atoms with van der Waals surface area (Å²) in [4.78, 5) is 0. The first-order chi connectivity index (χ1) is 8.42. The van der Waals surface area contributed by atoms with Crippen LogP contribution in [-0.4, -0.2) is 13.1 Å². The molecule has 3 rings (SSSR count). The van der Waals surface area contributed by atoms with Gasteiger partial charge in [-0.15, -0.1) is 17.0 Å². The van der Waals surface area contributed by atoms with Crippen LogP contribution >= 0.6 is 17.0 Å². The van der Waals surface area contributed by atoms with Gasteiger partial charge in [-0.1, -0.05) is 60.7 Å². The van der Waals surface area contributed by atoms with E-state index in [0.29, 0.717) is 0 Å². The van der Waals surface area contributed by atoms with E-state index >= 15 is 0 Å². The fourth-order valence-corrected chi connectivity index (χ4v) is 2.87. The number of halogens is 1. The first kappa shape index (κ1) is 13.3. The highest BCUT2D eigenvalue weighted by Crippen LogP contribution is 2.37. The fourth-order valence-electron chi connectivity index (χ4n) is 2.87. The van der Waals surface area contributed by atoms with Crippen molar-refractivity contribution in [2.45, 2.75) is 11.8 Å². The average molecular weight is 304 g/mol.